The molecule has 2 N–H and O–H groups in total. The summed E-state index contributed by atoms with van der Waals surface area (Å²) in [5.41, 5.74) is 0. The lowest BCUT2D eigenvalue weighted by Gasteiger charge is -2.32. The van der Waals surface area contributed by atoms with Crippen LogP contribution in [0.15, 0.2) is 40.3 Å². The van der Waals surface area contributed by atoms with Gasteiger partial charge in [0.15, 0.2) is 0 Å². The average molecular weight is 333 g/mol. The minimum Gasteiger partial charge on any atom is -0.467 e. The van der Waals surface area contributed by atoms with Gasteiger partial charge in [0.25, 0.3) is 0 Å². The van der Waals surface area contributed by atoms with Gasteiger partial charge in [-0.15, -0.1) is 11.3 Å². The standard InChI is InChI=1S/C17H23N3O2S/c21-17(19-11-15-5-2-8-22-15)18-10-14-4-1-7-20(12-14)13-16-6-3-9-23-16/h2-3,5-6,8-9,14H,1,4,7,10-13H2,(H2,18,19,21)/t14-/m0/s1. The minimum absolute atomic E-state index is 0.128. The van der Waals surface area contributed by atoms with E-state index in [4.69, 9.17) is 4.42 Å². The molecule has 0 unspecified atom stereocenters. The van der Waals surface area contributed by atoms with Gasteiger partial charge < -0.3 is 15.1 Å². The number of thiophene rings is 1. The van der Waals surface area contributed by atoms with Crippen molar-refractivity contribution < 1.29 is 9.21 Å². The number of urea groups is 1. The Kier molecular flexibility index (Phi) is 5.71. The van der Waals surface area contributed by atoms with Crippen molar-refractivity contribution in [2.24, 2.45) is 5.92 Å². The van der Waals surface area contributed by atoms with Crippen LogP contribution >= 0.6 is 11.3 Å². The van der Waals surface area contributed by atoms with Crippen LogP contribution in [0, 0.1) is 5.92 Å². The van der Waals surface area contributed by atoms with Gasteiger partial charge in [-0.2, -0.15) is 0 Å². The molecule has 0 spiro atoms. The van der Waals surface area contributed by atoms with Crippen LogP contribution in [0.25, 0.3) is 0 Å². The average Bonchev–Trinajstić information content (AvgIpc) is 3.25. The Balaban J connectivity index is 1.36. The SMILES string of the molecule is O=C(NCc1ccco1)NC[C@@H]1CCCN(Cc2cccs2)C1. The summed E-state index contributed by atoms with van der Waals surface area (Å²) in [5.74, 6) is 1.29. The van der Waals surface area contributed by atoms with Crippen molar-refractivity contribution in [2.75, 3.05) is 19.6 Å². The molecule has 3 rings (SSSR count). The van der Waals surface area contributed by atoms with Gasteiger partial charge in [-0.05, 0) is 48.9 Å². The molecule has 1 aliphatic rings. The van der Waals surface area contributed by atoms with Crippen molar-refractivity contribution in [2.45, 2.75) is 25.9 Å². The van der Waals surface area contributed by atoms with Crippen LogP contribution in [0.2, 0.25) is 0 Å². The molecule has 0 aromatic carbocycles. The number of rotatable bonds is 6. The predicted molar refractivity (Wildman–Crippen MR) is 91.3 cm³/mol. The molecule has 0 bridgehead atoms. The molecule has 3 heterocycles. The Morgan fingerprint density at radius 1 is 1.35 bits per heavy atom. The smallest absolute Gasteiger partial charge is 0.315 e. The Labute approximate surface area is 140 Å². The van der Waals surface area contributed by atoms with E-state index in [2.05, 4.69) is 33.0 Å². The second-order valence-corrected chi connectivity index (χ2v) is 7.00. The summed E-state index contributed by atoms with van der Waals surface area (Å²) >= 11 is 1.81. The molecule has 2 aromatic rings. The quantitative estimate of drug-likeness (QED) is 0.854. The third-order valence-electron chi connectivity index (χ3n) is 4.12. The van der Waals surface area contributed by atoms with E-state index in [0.29, 0.717) is 12.5 Å². The number of hydrogen-bond donors (Lipinski definition) is 2. The highest BCUT2D eigenvalue weighted by Crippen LogP contribution is 2.19. The van der Waals surface area contributed by atoms with Gasteiger partial charge in [0.05, 0.1) is 12.8 Å². The molecule has 0 aliphatic carbocycles. The maximum Gasteiger partial charge on any atom is 0.315 e. The highest BCUT2D eigenvalue weighted by molar-refractivity contribution is 7.09. The normalized spacial score (nSPS) is 18.7. The van der Waals surface area contributed by atoms with E-state index in [1.807, 2.05) is 23.5 Å². The number of piperidine rings is 1. The van der Waals surface area contributed by atoms with E-state index in [-0.39, 0.29) is 6.03 Å². The van der Waals surface area contributed by atoms with Crippen molar-refractivity contribution in [3.63, 3.8) is 0 Å². The van der Waals surface area contributed by atoms with Gasteiger partial charge in [0.1, 0.15) is 5.76 Å². The van der Waals surface area contributed by atoms with E-state index in [0.717, 1.165) is 31.9 Å². The van der Waals surface area contributed by atoms with Crippen LogP contribution in [-0.4, -0.2) is 30.6 Å². The molecule has 2 amide bonds. The predicted octanol–water partition coefficient (Wildman–Crippen LogP) is 3.05. The molecule has 0 saturated carbocycles. The fourth-order valence-corrected chi connectivity index (χ4v) is 3.71. The molecule has 1 saturated heterocycles. The summed E-state index contributed by atoms with van der Waals surface area (Å²) in [6.07, 6.45) is 3.99. The molecule has 1 atom stereocenters. The number of hydrogen-bond acceptors (Lipinski definition) is 4. The molecular formula is C17H23N3O2S. The zero-order valence-corrected chi connectivity index (χ0v) is 14.0. The fraction of sp³-hybridized carbons (Fsp3) is 0.471. The lowest BCUT2D eigenvalue weighted by atomic mass is 9.98. The molecular weight excluding hydrogens is 310 g/mol. The minimum atomic E-state index is -0.128. The van der Waals surface area contributed by atoms with Crippen molar-refractivity contribution in [3.05, 3.63) is 46.5 Å². The largest absolute Gasteiger partial charge is 0.467 e. The molecule has 2 aromatic heterocycles. The summed E-state index contributed by atoms with van der Waals surface area (Å²) < 4.78 is 5.19. The van der Waals surface area contributed by atoms with Crippen molar-refractivity contribution in [3.8, 4) is 0 Å². The highest BCUT2D eigenvalue weighted by atomic mass is 32.1. The van der Waals surface area contributed by atoms with Gasteiger partial charge in [-0.3, -0.25) is 4.90 Å². The first kappa shape index (κ1) is 16.1. The maximum atomic E-state index is 11.8. The summed E-state index contributed by atoms with van der Waals surface area (Å²) in [6, 6.07) is 7.83. The molecule has 5 nitrogen and oxygen atoms in total. The fourth-order valence-electron chi connectivity index (χ4n) is 2.96. The zero-order valence-electron chi connectivity index (χ0n) is 13.2. The number of likely N-dealkylation sites (tertiary alicyclic amines) is 1. The number of carbonyl (C=O) groups excluding carboxylic acids is 1. The van der Waals surface area contributed by atoms with Crippen LogP contribution in [-0.2, 0) is 13.1 Å². The van der Waals surface area contributed by atoms with Crippen molar-refractivity contribution in [1.82, 2.24) is 15.5 Å². The second-order valence-electron chi connectivity index (χ2n) is 5.97. The number of furan rings is 1. The molecule has 0 radical (unpaired) electrons. The van der Waals surface area contributed by atoms with Crippen molar-refractivity contribution >= 4 is 17.4 Å². The molecule has 124 valence electrons. The van der Waals surface area contributed by atoms with Gasteiger partial charge in [-0.1, -0.05) is 6.07 Å². The van der Waals surface area contributed by atoms with Crippen LogP contribution in [0.1, 0.15) is 23.5 Å². The van der Waals surface area contributed by atoms with E-state index in [9.17, 15) is 4.79 Å². The number of amides is 2. The maximum absolute atomic E-state index is 11.8. The van der Waals surface area contributed by atoms with E-state index < -0.39 is 0 Å². The summed E-state index contributed by atoms with van der Waals surface area (Å²) in [7, 11) is 0. The van der Waals surface area contributed by atoms with Gasteiger partial charge in [0.2, 0.25) is 0 Å². The van der Waals surface area contributed by atoms with Crippen LogP contribution in [0.5, 0.6) is 0 Å². The first-order valence-electron chi connectivity index (χ1n) is 8.08. The van der Waals surface area contributed by atoms with Gasteiger partial charge in [0, 0.05) is 24.5 Å². The Bertz CT molecular complexity index is 583. The first-order valence-corrected chi connectivity index (χ1v) is 8.96. The monoisotopic (exact) mass is 333 g/mol. The molecule has 1 fully saturated rings. The summed E-state index contributed by atoms with van der Waals surface area (Å²) in [4.78, 5) is 15.7. The Morgan fingerprint density at radius 3 is 3.09 bits per heavy atom. The Morgan fingerprint density at radius 2 is 2.30 bits per heavy atom. The number of nitrogens with one attached hydrogen (secondary N) is 2. The second kappa shape index (κ2) is 8.17. The van der Waals surface area contributed by atoms with Gasteiger partial charge in [-0.25, -0.2) is 4.79 Å². The van der Waals surface area contributed by atoms with Crippen LogP contribution < -0.4 is 10.6 Å². The summed E-state index contributed by atoms with van der Waals surface area (Å²) in [5, 5.41) is 7.92. The van der Waals surface area contributed by atoms with E-state index >= 15 is 0 Å². The van der Waals surface area contributed by atoms with Gasteiger partial charge >= 0.3 is 6.03 Å². The molecule has 23 heavy (non-hydrogen) atoms. The van der Waals surface area contributed by atoms with Crippen molar-refractivity contribution in [1.29, 1.82) is 0 Å². The number of carbonyl (C=O) groups is 1. The number of nitrogens with zero attached hydrogens (tertiary/aromatic N) is 1. The zero-order chi connectivity index (χ0) is 15.9. The third-order valence-corrected chi connectivity index (χ3v) is 4.98. The molecule has 6 heteroatoms. The third kappa shape index (κ3) is 5.11. The van der Waals surface area contributed by atoms with Crippen LogP contribution in [0.4, 0.5) is 4.79 Å². The van der Waals surface area contributed by atoms with E-state index in [1.165, 1.54) is 17.7 Å². The lowest BCUT2D eigenvalue weighted by Crippen LogP contribution is -2.43. The Hall–Kier alpha value is -1.79. The lowest BCUT2D eigenvalue weighted by molar-refractivity contribution is 0.166. The summed E-state index contributed by atoms with van der Waals surface area (Å²) in [6.45, 7) is 4.38. The first-order chi connectivity index (χ1) is 11.3. The molecule has 1 aliphatic heterocycles. The van der Waals surface area contributed by atoms with E-state index in [1.54, 1.807) is 6.26 Å². The topological polar surface area (TPSA) is 57.5 Å². The van der Waals surface area contributed by atoms with Crippen LogP contribution in [0.3, 0.4) is 0 Å². The highest BCUT2D eigenvalue weighted by Gasteiger charge is 2.20.